The molecule has 0 radical (unpaired) electrons. The van der Waals surface area contributed by atoms with Gasteiger partial charge in [-0.3, -0.25) is 19.3 Å². The molecule has 0 aromatic heterocycles. The number of phenolic OH excluding ortho intramolecular Hbond substituents is 1. The molecule has 1 aliphatic rings. The molecule has 0 spiro atoms. The third kappa shape index (κ3) is 3.28. The van der Waals surface area contributed by atoms with Crippen LogP contribution in [0.25, 0.3) is 0 Å². The zero-order valence-electron chi connectivity index (χ0n) is 14.2. The van der Waals surface area contributed by atoms with Crippen LogP contribution in [-0.4, -0.2) is 34.3 Å². The van der Waals surface area contributed by atoms with E-state index in [1.165, 1.54) is 41.3 Å². The molecule has 0 atom stereocenters. The maximum absolute atomic E-state index is 12.5. The zero-order valence-corrected chi connectivity index (χ0v) is 15.0. The van der Waals surface area contributed by atoms with Crippen molar-refractivity contribution in [1.29, 1.82) is 0 Å². The lowest BCUT2D eigenvalue weighted by Crippen LogP contribution is -2.33. The van der Waals surface area contributed by atoms with Gasteiger partial charge in [-0.25, -0.2) is 0 Å². The molecule has 1 heterocycles. The van der Waals surface area contributed by atoms with Gasteiger partial charge in [0, 0.05) is 17.1 Å². The van der Waals surface area contributed by atoms with Gasteiger partial charge < -0.3 is 10.4 Å². The lowest BCUT2D eigenvalue weighted by atomic mass is 10.1. The number of nitrogens with one attached hydrogen (secondary N) is 1. The maximum atomic E-state index is 12.5. The van der Waals surface area contributed by atoms with Gasteiger partial charge in [-0.2, -0.15) is 0 Å². The van der Waals surface area contributed by atoms with E-state index >= 15 is 0 Å². The van der Waals surface area contributed by atoms with Gasteiger partial charge in [0.15, 0.2) is 0 Å². The molecular weight excluding hydrogens is 356 g/mol. The minimum absolute atomic E-state index is 0.127. The number of amides is 3. The van der Waals surface area contributed by atoms with E-state index in [4.69, 9.17) is 11.6 Å². The van der Waals surface area contributed by atoms with Gasteiger partial charge in [-0.1, -0.05) is 25.4 Å². The van der Waals surface area contributed by atoms with Crippen molar-refractivity contribution >= 4 is 35.0 Å². The smallest absolute Gasteiger partial charge is 0.261 e. The zero-order chi connectivity index (χ0) is 19.0. The standard InChI is InChI=1S/C19H17ClN2O4/c1-10(2)9-22-18(25)13-5-3-11(7-14(13)19(22)26)17(24)21-15-8-12(20)4-6-16(15)23/h3-8,10,23H,9H2,1-2H3,(H,21,24). The molecule has 2 aromatic rings. The van der Waals surface area contributed by atoms with Gasteiger partial charge in [0.25, 0.3) is 17.7 Å². The number of fused-ring (bicyclic) bond motifs is 1. The van der Waals surface area contributed by atoms with Crippen LogP contribution in [-0.2, 0) is 0 Å². The number of nitrogens with zero attached hydrogens (tertiary/aromatic N) is 1. The average Bonchev–Trinajstić information content (AvgIpc) is 2.82. The first-order chi connectivity index (χ1) is 12.3. The van der Waals surface area contributed by atoms with Crippen LogP contribution in [0, 0.1) is 5.92 Å². The second kappa shape index (κ2) is 6.80. The van der Waals surface area contributed by atoms with Gasteiger partial charge in [-0.15, -0.1) is 0 Å². The number of aromatic hydroxyl groups is 1. The molecule has 2 aromatic carbocycles. The van der Waals surface area contributed by atoms with E-state index in [1.807, 2.05) is 13.8 Å². The lowest BCUT2D eigenvalue weighted by Gasteiger charge is -2.15. The predicted molar refractivity (Wildman–Crippen MR) is 97.7 cm³/mol. The Morgan fingerprint density at radius 2 is 1.81 bits per heavy atom. The first-order valence-corrected chi connectivity index (χ1v) is 8.46. The van der Waals surface area contributed by atoms with Crippen LogP contribution in [0.4, 0.5) is 5.69 Å². The summed E-state index contributed by atoms with van der Waals surface area (Å²) in [5.41, 5.74) is 0.860. The van der Waals surface area contributed by atoms with E-state index in [1.54, 1.807) is 0 Å². The third-order valence-electron chi connectivity index (χ3n) is 3.99. The number of carbonyl (C=O) groups is 3. The number of carbonyl (C=O) groups excluding carboxylic acids is 3. The van der Waals surface area contributed by atoms with Crippen LogP contribution in [0.5, 0.6) is 5.75 Å². The highest BCUT2D eigenvalue weighted by Crippen LogP contribution is 2.28. The molecule has 3 rings (SSSR count). The molecular formula is C19H17ClN2O4. The highest BCUT2D eigenvalue weighted by molar-refractivity contribution is 6.31. The summed E-state index contributed by atoms with van der Waals surface area (Å²) in [6, 6.07) is 8.62. The first kappa shape index (κ1) is 17.9. The Bertz CT molecular complexity index is 924. The van der Waals surface area contributed by atoms with Crippen LogP contribution in [0.2, 0.25) is 5.02 Å². The Morgan fingerprint density at radius 3 is 2.50 bits per heavy atom. The number of rotatable bonds is 4. The van der Waals surface area contributed by atoms with Crippen molar-refractivity contribution in [2.45, 2.75) is 13.8 Å². The summed E-state index contributed by atoms with van der Waals surface area (Å²) >= 11 is 5.87. The second-order valence-electron chi connectivity index (χ2n) is 6.49. The summed E-state index contributed by atoms with van der Waals surface area (Å²) in [6.07, 6.45) is 0. The number of halogens is 1. The van der Waals surface area contributed by atoms with Crippen LogP contribution in [0.3, 0.4) is 0 Å². The highest BCUT2D eigenvalue weighted by atomic mass is 35.5. The molecule has 134 valence electrons. The summed E-state index contributed by atoms with van der Waals surface area (Å²) in [5, 5.41) is 12.7. The Kier molecular flexibility index (Phi) is 4.70. The van der Waals surface area contributed by atoms with Gasteiger partial charge in [0.1, 0.15) is 5.75 Å². The van der Waals surface area contributed by atoms with E-state index in [0.29, 0.717) is 11.6 Å². The lowest BCUT2D eigenvalue weighted by molar-refractivity contribution is 0.0636. The van der Waals surface area contributed by atoms with Gasteiger partial charge >= 0.3 is 0 Å². The molecule has 6 nitrogen and oxygen atoms in total. The molecule has 3 amide bonds. The van der Waals surface area contributed by atoms with Gasteiger partial charge in [0.2, 0.25) is 0 Å². The number of hydrogen-bond acceptors (Lipinski definition) is 4. The number of anilines is 1. The van der Waals surface area contributed by atoms with E-state index in [0.717, 1.165) is 0 Å². The van der Waals surface area contributed by atoms with Crippen LogP contribution >= 0.6 is 11.6 Å². The SMILES string of the molecule is CC(C)CN1C(=O)c2ccc(C(=O)Nc3cc(Cl)ccc3O)cc2C1=O. The fourth-order valence-electron chi connectivity index (χ4n) is 2.77. The fraction of sp³-hybridized carbons (Fsp3) is 0.211. The Balaban J connectivity index is 1.87. The molecule has 0 saturated carbocycles. The Hall–Kier alpha value is -2.86. The monoisotopic (exact) mass is 372 g/mol. The molecule has 1 aliphatic heterocycles. The molecule has 26 heavy (non-hydrogen) atoms. The molecule has 0 unspecified atom stereocenters. The highest BCUT2D eigenvalue weighted by Gasteiger charge is 2.36. The van der Waals surface area contributed by atoms with Crippen molar-refractivity contribution in [3.8, 4) is 5.75 Å². The topological polar surface area (TPSA) is 86.7 Å². The van der Waals surface area contributed by atoms with E-state index in [9.17, 15) is 19.5 Å². The van der Waals surface area contributed by atoms with Crippen molar-refractivity contribution in [2.24, 2.45) is 5.92 Å². The first-order valence-electron chi connectivity index (χ1n) is 8.08. The van der Waals surface area contributed by atoms with Crippen molar-refractivity contribution in [3.05, 3.63) is 58.1 Å². The fourth-order valence-corrected chi connectivity index (χ4v) is 2.94. The molecule has 7 heteroatoms. The van der Waals surface area contributed by atoms with Gasteiger partial charge in [-0.05, 0) is 42.3 Å². The molecule has 2 N–H and O–H groups in total. The predicted octanol–water partition coefficient (Wildman–Crippen LogP) is 3.55. The number of hydrogen-bond donors (Lipinski definition) is 2. The average molecular weight is 373 g/mol. The molecule has 0 saturated heterocycles. The van der Waals surface area contributed by atoms with Crippen molar-refractivity contribution in [3.63, 3.8) is 0 Å². The van der Waals surface area contributed by atoms with E-state index in [2.05, 4.69) is 5.32 Å². The van der Waals surface area contributed by atoms with E-state index < -0.39 is 11.8 Å². The van der Waals surface area contributed by atoms with Crippen molar-refractivity contribution in [2.75, 3.05) is 11.9 Å². The summed E-state index contributed by atoms with van der Waals surface area (Å²) in [5.74, 6) is -1.26. The van der Waals surface area contributed by atoms with Crippen LogP contribution < -0.4 is 5.32 Å². The molecule has 0 fully saturated rings. The minimum atomic E-state index is -0.520. The van der Waals surface area contributed by atoms with Crippen molar-refractivity contribution in [1.82, 2.24) is 4.90 Å². The second-order valence-corrected chi connectivity index (χ2v) is 6.93. The summed E-state index contributed by atoms with van der Waals surface area (Å²) in [7, 11) is 0. The van der Waals surface area contributed by atoms with Crippen LogP contribution in [0.15, 0.2) is 36.4 Å². The number of benzene rings is 2. The number of imide groups is 1. The largest absolute Gasteiger partial charge is 0.506 e. The Morgan fingerprint density at radius 1 is 1.12 bits per heavy atom. The van der Waals surface area contributed by atoms with E-state index in [-0.39, 0.29) is 40.0 Å². The third-order valence-corrected chi connectivity index (χ3v) is 4.22. The quantitative estimate of drug-likeness (QED) is 0.634. The van der Waals surface area contributed by atoms with Crippen LogP contribution in [0.1, 0.15) is 44.9 Å². The molecule has 0 bridgehead atoms. The Labute approximate surface area is 155 Å². The van der Waals surface area contributed by atoms with Gasteiger partial charge in [0.05, 0.1) is 16.8 Å². The summed E-state index contributed by atoms with van der Waals surface area (Å²) in [6.45, 7) is 4.16. The normalized spacial score (nSPS) is 13.3. The summed E-state index contributed by atoms with van der Waals surface area (Å²) < 4.78 is 0. The molecule has 0 aliphatic carbocycles. The van der Waals surface area contributed by atoms with Crippen molar-refractivity contribution < 1.29 is 19.5 Å². The number of phenols is 1. The maximum Gasteiger partial charge on any atom is 0.261 e. The minimum Gasteiger partial charge on any atom is -0.506 e. The summed E-state index contributed by atoms with van der Waals surface area (Å²) in [4.78, 5) is 38.5.